The average Bonchev–Trinajstić information content (AvgIpc) is 2.81. The molecule has 170 valence electrons. The van der Waals surface area contributed by atoms with Crippen LogP contribution in [0, 0.1) is 0 Å². The number of para-hydroxylation sites is 1. The Hall–Kier alpha value is -2.37. The predicted molar refractivity (Wildman–Crippen MR) is 122 cm³/mol. The number of carbonyl (C=O) groups is 1. The third kappa shape index (κ3) is 12.2. The van der Waals surface area contributed by atoms with Gasteiger partial charge in [0.1, 0.15) is 19.0 Å². The molecule has 0 fully saturated rings. The lowest BCUT2D eigenvalue weighted by molar-refractivity contribution is -0.279. The van der Waals surface area contributed by atoms with E-state index in [1.54, 1.807) is 0 Å². The van der Waals surface area contributed by atoms with E-state index < -0.39 is 0 Å². The fourth-order valence-electron chi connectivity index (χ4n) is 3.50. The van der Waals surface area contributed by atoms with Crippen LogP contribution in [0.15, 0.2) is 60.7 Å². The molecule has 0 aromatic heterocycles. The molecule has 2 aromatic carbocycles. The molecule has 2 aromatic rings. The fourth-order valence-corrected chi connectivity index (χ4v) is 3.50. The first-order valence-corrected chi connectivity index (χ1v) is 11.5. The highest BCUT2D eigenvalue weighted by Crippen LogP contribution is 2.15. The Morgan fingerprint density at radius 2 is 1.39 bits per heavy atom. The van der Waals surface area contributed by atoms with Gasteiger partial charge < -0.3 is 9.47 Å². The summed E-state index contributed by atoms with van der Waals surface area (Å²) in [6.07, 6.45) is 9.53. The molecular weight excluding hydrogens is 392 g/mol. The zero-order chi connectivity index (χ0) is 22.0. The van der Waals surface area contributed by atoms with E-state index in [1.165, 1.54) is 18.4 Å². The normalized spacial score (nSPS) is 11.8. The van der Waals surface area contributed by atoms with Gasteiger partial charge in [0, 0.05) is 12.8 Å². The van der Waals surface area contributed by atoms with E-state index in [1.807, 2.05) is 48.5 Å². The Morgan fingerprint density at radius 1 is 0.774 bits per heavy atom. The van der Waals surface area contributed by atoms with Crippen molar-refractivity contribution in [3.05, 3.63) is 66.2 Å². The van der Waals surface area contributed by atoms with Crippen LogP contribution in [0.4, 0.5) is 0 Å². The second kappa shape index (κ2) is 16.3. The third-order valence-corrected chi connectivity index (χ3v) is 5.22. The second-order valence-electron chi connectivity index (χ2n) is 7.81. The summed E-state index contributed by atoms with van der Waals surface area (Å²) in [4.78, 5) is 16.4. The lowest BCUT2D eigenvalue weighted by Crippen LogP contribution is -2.14. The van der Waals surface area contributed by atoms with Gasteiger partial charge >= 0.3 is 5.97 Å². The van der Waals surface area contributed by atoms with E-state index in [-0.39, 0.29) is 18.7 Å². The molecule has 0 aliphatic rings. The molecule has 0 radical (unpaired) electrons. The van der Waals surface area contributed by atoms with Gasteiger partial charge in [0.05, 0.1) is 6.10 Å². The van der Waals surface area contributed by atoms with E-state index in [0.717, 1.165) is 50.7 Å². The van der Waals surface area contributed by atoms with Crippen molar-refractivity contribution in [3.8, 4) is 5.75 Å². The van der Waals surface area contributed by atoms with Gasteiger partial charge in [-0.1, -0.05) is 87.1 Å². The molecule has 0 amide bonds. The lowest BCUT2D eigenvalue weighted by atomic mass is 10.0. The number of carbonyl (C=O) groups excluding carboxylic acids is 1. The van der Waals surface area contributed by atoms with E-state index in [4.69, 9.17) is 14.7 Å². The number of hydrogen-bond acceptors (Lipinski definition) is 5. The highest BCUT2D eigenvalue weighted by atomic mass is 17.1. The maximum atomic E-state index is 11.7. The van der Waals surface area contributed by atoms with Crippen LogP contribution in [0.3, 0.4) is 0 Å². The summed E-state index contributed by atoms with van der Waals surface area (Å²) in [5, 5.41) is 9.11. The molecule has 1 N–H and O–H groups in total. The van der Waals surface area contributed by atoms with E-state index in [9.17, 15) is 4.79 Å². The Balaban J connectivity index is 1.37. The molecule has 0 aliphatic heterocycles. The monoisotopic (exact) mass is 428 g/mol. The molecule has 31 heavy (non-hydrogen) atoms. The topological polar surface area (TPSA) is 65.0 Å². The predicted octanol–water partition coefficient (Wildman–Crippen LogP) is 6.22. The number of ether oxygens (including phenoxy) is 2. The van der Waals surface area contributed by atoms with Gasteiger partial charge in [0.2, 0.25) is 0 Å². The van der Waals surface area contributed by atoms with Crippen LogP contribution < -0.4 is 4.74 Å². The van der Waals surface area contributed by atoms with Crippen LogP contribution in [0.2, 0.25) is 0 Å². The van der Waals surface area contributed by atoms with Gasteiger partial charge in [-0.05, 0) is 30.5 Å². The number of rotatable bonds is 17. The zero-order valence-corrected chi connectivity index (χ0v) is 18.4. The number of unbranched alkanes of at least 4 members (excludes halogenated alkanes) is 6. The summed E-state index contributed by atoms with van der Waals surface area (Å²) in [7, 11) is 0. The van der Waals surface area contributed by atoms with Crippen LogP contribution in [0.1, 0.15) is 63.4 Å². The van der Waals surface area contributed by atoms with Crippen molar-refractivity contribution in [1.29, 1.82) is 0 Å². The molecule has 0 spiro atoms. The minimum Gasteiger partial charge on any atom is -0.490 e. The molecule has 0 saturated carbocycles. The highest BCUT2D eigenvalue weighted by molar-refractivity contribution is 5.69. The van der Waals surface area contributed by atoms with Gasteiger partial charge in [0.15, 0.2) is 0 Å². The smallest absolute Gasteiger partial charge is 0.305 e. The van der Waals surface area contributed by atoms with Gasteiger partial charge in [-0.25, -0.2) is 4.89 Å². The third-order valence-electron chi connectivity index (χ3n) is 5.22. The Kier molecular flexibility index (Phi) is 13.1. The van der Waals surface area contributed by atoms with Gasteiger partial charge in [-0.2, -0.15) is 0 Å². The standard InChI is InChI=1S/C26H36O5/c27-26(30-21-20-29-24-16-11-7-12-17-24)19-13-5-3-1-2-4-10-18-25(31-28)22-23-14-8-6-9-15-23/h6-9,11-12,14-17,25,28H,1-5,10,13,18-22H2. The molecular formula is C26H36O5. The van der Waals surface area contributed by atoms with Crippen LogP contribution >= 0.6 is 0 Å². The highest BCUT2D eigenvalue weighted by Gasteiger charge is 2.09. The molecule has 2 rings (SSSR count). The minimum absolute atomic E-state index is 0.133. The van der Waals surface area contributed by atoms with Crippen LogP contribution in [0.5, 0.6) is 5.75 Å². The van der Waals surface area contributed by atoms with Crippen molar-refractivity contribution in [2.45, 2.75) is 70.3 Å². The van der Waals surface area contributed by atoms with E-state index in [2.05, 4.69) is 17.0 Å². The molecule has 1 atom stereocenters. The molecule has 0 heterocycles. The Bertz CT molecular complexity index is 689. The number of hydrogen-bond donors (Lipinski definition) is 1. The van der Waals surface area contributed by atoms with E-state index in [0.29, 0.717) is 13.0 Å². The largest absolute Gasteiger partial charge is 0.490 e. The van der Waals surface area contributed by atoms with Crippen molar-refractivity contribution >= 4 is 5.97 Å². The Morgan fingerprint density at radius 3 is 2.06 bits per heavy atom. The molecule has 1 unspecified atom stereocenters. The van der Waals surface area contributed by atoms with Crippen LogP contribution in [0.25, 0.3) is 0 Å². The summed E-state index contributed by atoms with van der Waals surface area (Å²) >= 11 is 0. The second-order valence-corrected chi connectivity index (χ2v) is 7.81. The Labute approximate surface area is 186 Å². The van der Waals surface area contributed by atoms with Gasteiger partial charge in [0.25, 0.3) is 0 Å². The van der Waals surface area contributed by atoms with Crippen molar-refractivity contribution in [3.63, 3.8) is 0 Å². The molecule has 0 aliphatic carbocycles. The van der Waals surface area contributed by atoms with E-state index >= 15 is 0 Å². The van der Waals surface area contributed by atoms with Crippen LogP contribution in [-0.4, -0.2) is 30.5 Å². The minimum atomic E-state index is -0.148. The first-order valence-electron chi connectivity index (χ1n) is 11.5. The van der Waals surface area contributed by atoms with Crippen molar-refractivity contribution in [2.75, 3.05) is 13.2 Å². The molecule has 5 heteroatoms. The molecule has 0 bridgehead atoms. The summed E-state index contributed by atoms with van der Waals surface area (Å²) in [6.45, 7) is 0.666. The fraction of sp³-hybridized carbons (Fsp3) is 0.500. The summed E-state index contributed by atoms with van der Waals surface area (Å²) in [5.41, 5.74) is 1.18. The van der Waals surface area contributed by atoms with Gasteiger partial charge in [-0.15, -0.1) is 0 Å². The first-order chi connectivity index (χ1) is 15.3. The van der Waals surface area contributed by atoms with Gasteiger partial charge in [-0.3, -0.25) is 10.1 Å². The SMILES string of the molecule is O=C(CCCCCCCCCC(Cc1ccccc1)OO)OCCOc1ccccc1. The average molecular weight is 429 g/mol. The van der Waals surface area contributed by atoms with Crippen LogP contribution in [-0.2, 0) is 20.8 Å². The first kappa shape index (κ1) is 24.9. The number of esters is 1. The summed E-state index contributed by atoms with van der Waals surface area (Å²) < 4.78 is 10.7. The molecule has 5 nitrogen and oxygen atoms in total. The summed E-state index contributed by atoms with van der Waals surface area (Å²) in [5.74, 6) is 0.638. The molecule has 0 saturated heterocycles. The zero-order valence-electron chi connectivity index (χ0n) is 18.4. The maximum absolute atomic E-state index is 11.7. The number of benzene rings is 2. The maximum Gasteiger partial charge on any atom is 0.305 e. The lowest BCUT2D eigenvalue weighted by Gasteiger charge is -2.13. The summed E-state index contributed by atoms with van der Waals surface area (Å²) in [6, 6.07) is 19.6. The van der Waals surface area contributed by atoms with Crippen molar-refractivity contribution in [2.24, 2.45) is 0 Å². The van der Waals surface area contributed by atoms with Crippen molar-refractivity contribution < 1.29 is 24.4 Å². The quantitative estimate of drug-likeness (QED) is 0.140. The van der Waals surface area contributed by atoms with Crippen molar-refractivity contribution in [1.82, 2.24) is 0 Å².